The molecule has 0 unspecified atom stereocenters. The minimum absolute atomic E-state index is 0.465. The van der Waals surface area contributed by atoms with Crippen LogP contribution in [-0.4, -0.2) is 15.2 Å². The molecule has 122 valence electrons. The van der Waals surface area contributed by atoms with Gasteiger partial charge in [-0.15, -0.1) is 0 Å². The van der Waals surface area contributed by atoms with Gasteiger partial charge in [-0.25, -0.2) is 4.98 Å². The van der Waals surface area contributed by atoms with Gasteiger partial charge in [-0.05, 0) is 49.4 Å². The predicted octanol–water partition coefficient (Wildman–Crippen LogP) is 5.31. The number of benzene rings is 1. The number of hydrogen-bond donors (Lipinski definition) is 2. The van der Waals surface area contributed by atoms with Crippen LogP contribution in [0, 0.1) is 5.92 Å². The molecule has 1 saturated carbocycles. The van der Waals surface area contributed by atoms with Crippen molar-refractivity contribution in [3.8, 4) is 0 Å². The highest BCUT2D eigenvalue weighted by Crippen LogP contribution is 2.33. The van der Waals surface area contributed by atoms with Crippen LogP contribution in [0.4, 0.5) is 11.6 Å². The fraction of sp³-hybridized carbons (Fsp3) is 0.222. The number of aromatic nitrogens is 3. The second-order valence-electron chi connectivity index (χ2n) is 5.98. The third kappa shape index (κ3) is 4.10. The molecular weight excluding hydrogens is 340 g/mol. The number of rotatable bonds is 6. The molecule has 1 fully saturated rings. The molecule has 4 rings (SSSR count). The van der Waals surface area contributed by atoms with E-state index in [9.17, 15) is 0 Å². The van der Waals surface area contributed by atoms with E-state index in [1.165, 1.54) is 18.5 Å². The zero-order valence-electron chi connectivity index (χ0n) is 13.0. The summed E-state index contributed by atoms with van der Waals surface area (Å²) >= 11 is 7.83. The molecule has 4 nitrogen and oxygen atoms in total. The van der Waals surface area contributed by atoms with Gasteiger partial charge in [-0.1, -0.05) is 41.6 Å². The summed E-state index contributed by atoms with van der Waals surface area (Å²) in [5.41, 5.74) is 1.17. The Morgan fingerprint density at radius 1 is 1.08 bits per heavy atom. The lowest BCUT2D eigenvalue weighted by Crippen LogP contribution is -1.94. The fourth-order valence-electron chi connectivity index (χ4n) is 2.52. The minimum Gasteiger partial charge on any atom is -0.323 e. The van der Waals surface area contributed by atoms with Crippen LogP contribution >= 0.6 is 23.4 Å². The quantitative estimate of drug-likeness (QED) is 0.588. The summed E-state index contributed by atoms with van der Waals surface area (Å²) in [5, 5.41) is 11.1. The number of halogens is 1. The van der Waals surface area contributed by atoms with E-state index in [4.69, 9.17) is 11.6 Å². The van der Waals surface area contributed by atoms with Gasteiger partial charge in [0.2, 0.25) is 0 Å². The van der Waals surface area contributed by atoms with Gasteiger partial charge in [-0.2, -0.15) is 5.10 Å². The Kier molecular flexibility index (Phi) is 4.45. The first-order chi connectivity index (χ1) is 11.7. The number of nitrogens with one attached hydrogen (secondary N) is 2. The molecule has 1 aromatic carbocycles. The summed E-state index contributed by atoms with van der Waals surface area (Å²) in [7, 11) is 0. The zero-order chi connectivity index (χ0) is 16.4. The Hall–Kier alpha value is -1.98. The van der Waals surface area contributed by atoms with Crippen molar-refractivity contribution >= 4 is 35.0 Å². The van der Waals surface area contributed by atoms with Crippen molar-refractivity contribution in [2.75, 3.05) is 5.32 Å². The Labute approximate surface area is 150 Å². The molecule has 0 atom stereocenters. The van der Waals surface area contributed by atoms with Crippen molar-refractivity contribution in [1.82, 2.24) is 15.2 Å². The van der Waals surface area contributed by atoms with Gasteiger partial charge < -0.3 is 5.32 Å². The van der Waals surface area contributed by atoms with Crippen LogP contribution in [0.1, 0.15) is 18.5 Å². The lowest BCUT2D eigenvalue weighted by atomic mass is 10.2. The first kappa shape index (κ1) is 15.5. The Bertz CT molecular complexity index is 830. The van der Waals surface area contributed by atoms with Gasteiger partial charge in [0.05, 0.1) is 0 Å². The molecule has 0 spiro atoms. The first-order valence-electron chi connectivity index (χ1n) is 7.96. The van der Waals surface area contributed by atoms with Gasteiger partial charge in [0.25, 0.3) is 0 Å². The normalized spacial score (nSPS) is 13.9. The molecule has 24 heavy (non-hydrogen) atoms. The van der Waals surface area contributed by atoms with Crippen molar-refractivity contribution in [3.05, 3.63) is 59.4 Å². The van der Waals surface area contributed by atoms with Crippen LogP contribution in [0.3, 0.4) is 0 Å². The topological polar surface area (TPSA) is 53.6 Å². The van der Waals surface area contributed by atoms with Crippen LogP contribution in [0.25, 0.3) is 0 Å². The number of nitrogens with zero attached hydrogens (tertiary/aromatic N) is 2. The van der Waals surface area contributed by atoms with Crippen molar-refractivity contribution in [2.24, 2.45) is 5.92 Å². The van der Waals surface area contributed by atoms with Crippen LogP contribution in [0.15, 0.2) is 58.3 Å². The average Bonchev–Trinajstić information content (AvgIpc) is 3.26. The largest absolute Gasteiger partial charge is 0.323 e. The molecule has 0 bridgehead atoms. The van der Waals surface area contributed by atoms with Crippen LogP contribution in [0.2, 0.25) is 5.15 Å². The molecule has 0 saturated heterocycles. The SMILES string of the molecule is Clc1cc(Sc2ccccc2)cc(Nc2cc(CC3CC3)[nH]n2)n1. The maximum absolute atomic E-state index is 6.17. The van der Waals surface area contributed by atoms with Crippen LogP contribution < -0.4 is 5.32 Å². The summed E-state index contributed by atoms with van der Waals surface area (Å²) in [6, 6.07) is 16.1. The third-order valence-corrected chi connectivity index (χ3v) is 5.01. The number of H-pyrrole nitrogens is 1. The van der Waals surface area contributed by atoms with E-state index in [0.29, 0.717) is 11.0 Å². The molecule has 2 heterocycles. The van der Waals surface area contributed by atoms with Gasteiger partial charge in [0, 0.05) is 21.6 Å². The highest BCUT2D eigenvalue weighted by molar-refractivity contribution is 7.99. The second-order valence-corrected chi connectivity index (χ2v) is 7.51. The Morgan fingerprint density at radius 3 is 2.71 bits per heavy atom. The molecule has 0 aliphatic heterocycles. The highest BCUT2D eigenvalue weighted by Gasteiger charge is 2.22. The smallest absolute Gasteiger partial charge is 0.153 e. The van der Waals surface area contributed by atoms with E-state index in [1.807, 2.05) is 36.4 Å². The highest BCUT2D eigenvalue weighted by atomic mass is 35.5. The lowest BCUT2D eigenvalue weighted by Gasteiger charge is -2.06. The van der Waals surface area contributed by atoms with E-state index in [-0.39, 0.29) is 0 Å². The molecule has 3 aromatic rings. The Morgan fingerprint density at radius 2 is 1.92 bits per heavy atom. The Balaban J connectivity index is 1.49. The van der Waals surface area contributed by atoms with Crippen LogP contribution in [-0.2, 0) is 6.42 Å². The number of hydrogen-bond acceptors (Lipinski definition) is 4. The van der Waals surface area contributed by atoms with Gasteiger partial charge >= 0.3 is 0 Å². The maximum atomic E-state index is 6.17. The molecule has 1 aliphatic carbocycles. The van der Waals surface area contributed by atoms with Gasteiger partial charge in [0.1, 0.15) is 11.0 Å². The summed E-state index contributed by atoms with van der Waals surface area (Å²) in [6.45, 7) is 0. The summed E-state index contributed by atoms with van der Waals surface area (Å²) in [5.74, 6) is 2.30. The first-order valence-corrected chi connectivity index (χ1v) is 9.16. The predicted molar refractivity (Wildman–Crippen MR) is 98.1 cm³/mol. The van der Waals surface area contributed by atoms with E-state index in [0.717, 1.165) is 27.9 Å². The molecule has 2 aromatic heterocycles. The fourth-order valence-corrected chi connectivity index (χ4v) is 3.70. The summed E-state index contributed by atoms with van der Waals surface area (Å²) in [6.07, 6.45) is 3.74. The number of aromatic amines is 1. The average molecular weight is 357 g/mol. The minimum atomic E-state index is 0.465. The standard InChI is InChI=1S/C18H17ClN4S/c19-16-10-15(24-14-4-2-1-3-5-14)11-17(20-16)21-18-9-13(22-23-18)8-12-6-7-12/h1-5,9-12H,6-8H2,(H2,20,21,22,23). The van der Waals surface area contributed by atoms with Crippen molar-refractivity contribution in [2.45, 2.75) is 29.1 Å². The summed E-state index contributed by atoms with van der Waals surface area (Å²) < 4.78 is 0. The monoisotopic (exact) mass is 356 g/mol. The van der Waals surface area contributed by atoms with E-state index < -0.39 is 0 Å². The van der Waals surface area contributed by atoms with E-state index >= 15 is 0 Å². The third-order valence-electron chi connectivity index (χ3n) is 3.84. The van der Waals surface area contributed by atoms with Crippen LogP contribution in [0.5, 0.6) is 0 Å². The van der Waals surface area contributed by atoms with Gasteiger partial charge in [-0.3, -0.25) is 5.10 Å². The molecule has 2 N–H and O–H groups in total. The molecule has 1 aliphatic rings. The number of pyridine rings is 1. The maximum Gasteiger partial charge on any atom is 0.153 e. The van der Waals surface area contributed by atoms with Crippen molar-refractivity contribution < 1.29 is 0 Å². The molecular formula is C18H17ClN4S. The van der Waals surface area contributed by atoms with Crippen molar-refractivity contribution in [3.63, 3.8) is 0 Å². The summed E-state index contributed by atoms with van der Waals surface area (Å²) in [4.78, 5) is 6.54. The lowest BCUT2D eigenvalue weighted by molar-refractivity contribution is 0.796. The number of anilines is 2. The van der Waals surface area contributed by atoms with E-state index in [2.05, 4.69) is 32.6 Å². The molecule has 0 radical (unpaired) electrons. The molecule has 0 amide bonds. The van der Waals surface area contributed by atoms with Gasteiger partial charge in [0.15, 0.2) is 5.82 Å². The molecule has 6 heteroatoms. The zero-order valence-corrected chi connectivity index (χ0v) is 14.6. The van der Waals surface area contributed by atoms with Crippen molar-refractivity contribution in [1.29, 1.82) is 0 Å². The second kappa shape index (κ2) is 6.87. The van der Waals surface area contributed by atoms with E-state index in [1.54, 1.807) is 11.8 Å².